The summed E-state index contributed by atoms with van der Waals surface area (Å²) in [5.74, 6) is -0.377. The average molecular weight is 337 g/mol. The van der Waals surface area contributed by atoms with Crippen molar-refractivity contribution in [3.63, 3.8) is 0 Å². The average Bonchev–Trinajstić information content (AvgIpc) is 2.55. The van der Waals surface area contributed by atoms with Crippen LogP contribution < -0.4 is 4.74 Å². The molecule has 0 fully saturated rings. The number of methoxy groups -OCH3 is 1. The van der Waals surface area contributed by atoms with Crippen molar-refractivity contribution in [3.05, 3.63) is 59.4 Å². The first-order valence-electron chi connectivity index (χ1n) is 7.26. The second-order valence-corrected chi connectivity index (χ2v) is 7.27. The fourth-order valence-electron chi connectivity index (χ4n) is 2.23. The Labute approximate surface area is 136 Å². The Kier molecular flexibility index (Phi) is 5.38. The summed E-state index contributed by atoms with van der Waals surface area (Å²) < 4.78 is 44.9. The van der Waals surface area contributed by atoms with Crippen molar-refractivity contribution in [2.24, 2.45) is 0 Å². The number of hydrogen-bond acceptors (Lipinski definition) is 3. The van der Waals surface area contributed by atoms with Crippen molar-refractivity contribution in [2.75, 3.05) is 14.2 Å². The molecule has 6 heteroatoms. The second-order valence-electron chi connectivity index (χ2n) is 5.23. The maximum Gasteiger partial charge on any atom is 0.243 e. The summed E-state index contributed by atoms with van der Waals surface area (Å²) in [5.41, 5.74) is 1.63. The van der Waals surface area contributed by atoms with E-state index < -0.39 is 15.8 Å². The van der Waals surface area contributed by atoms with Gasteiger partial charge in [-0.3, -0.25) is 0 Å². The molecule has 0 aliphatic carbocycles. The van der Waals surface area contributed by atoms with Gasteiger partial charge in [0.2, 0.25) is 10.0 Å². The Bertz CT molecular complexity index is 773. The fourth-order valence-corrected chi connectivity index (χ4v) is 3.39. The summed E-state index contributed by atoms with van der Waals surface area (Å²) in [6.07, 6.45) is 0.849. The minimum absolute atomic E-state index is 0.0821. The van der Waals surface area contributed by atoms with Crippen LogP contribution in [0.25, 0.3) is 0 Å². The minimum atomic E-state index is -3.61. The number of sulfonamides is 1. The highest BCUT2D eigenvalue weighted by Gasteiger charge is 2.21. The molecule has 2 aromatic carbocycles. The topological polar surface area (TPSA) is 46.6 Å². The van der Waals surface area contributed by atoms with E-state index in [0.717, 1.165) is 12.0 Å². The van der Waals surface area contributed by atoms with Gasteiger partial charge in [0.05, 0.1) is 12.0 Å². The van der Waals surface area contributed by atoms with E-state index in [1.807, 2.05) is 6.92 Å². The van der Waals surface area contributed by atoms with Crippen LogP contribution in [0.3, 0.4) is 0 Å². The normalized spacial score (nSPS) is 11.7. The second kappa shape index (κ2) is 7.10. The molecule has 0 bridgehead atoms. The van der Waals surface area contributed by atoms with E-state index in [-0.39, 0.29) is 17.2 Å². The molecule has 0 aromatic heterocycles. The summed E-state index contributed by atoms with van der Waals surface area (Å²) in [6, 6.07) is 11.2. The van der Waals surface area contributed by atoms with E-state index in [9.17, 15) is 12.8 Å². The van der Waals surface area contributed by atoms with Crippen LogP contribution in [0.1, 0.15) is 18.1 Å². The number of aryl methyl sites for hydroxylation is 1. The SMILES string of the molecule is CCc1ccc(S(=O)(=O)N(C)Cc2ccc(OC)c(F)c2)cc1. The van der Waals surface area contributed by atoms with Crippen LogP contribution in [0, 0.1) is 5.82 Å². The van der Waals surface area contributed by atoms with Gasteiger partial charge in [-0.15, -0.1) is 0 Å². The fraction of sp³-hybridized carbons (Fsp3) is 0.294. The zero-order chi connectivity index (χ0) is 17.0. The van der Waals surface area contributed by atoms with Crippen LogP contribution in [0.4, 0.5) is 4.39 Å². The first kappa shape index (κ1) is 17.4. The molecule has 2 aromatic rings. The Morgan fingerprint density at radius 1 is 1.09 bits per heavy atom. The summed E-state index contributed by atoms with van der Waals surface area (Å²) in [7, 11) is -0.750. The van der Waals surface area contributed by atoms with Crippen molar-refractivity contribution in [1.29, 1.82) is 0 Å². The zero-order valence-electron chi connectivity index (χ0n) is 13.4. The van der Waals surface area contributed by atoms with Gasteiger partial charge in [-0.1, -0.05) is 25.1 Å². The van der Waals surface area contributed by atoms with E-state index in [4.69, 9.17) is 4.74 Å². The third-order valence-corrected chi connectivity index (χ3v) is 5.48. The molecule has 0 atom stereocenters. The van der Waals surface area contributed by atoms with E-state index in [0.29, 0.717) is 5.56 Å². The maximum atomic E-state index is 13.7. The summed E-state index contributed by atoms with van der Waals surface area (Å²) >= 11 is 0. The van der Waals surface area contributed by atoms with Crippen LogP contribution in [0.15, 0.2) is 47.4 Å². The van der Waals surface area contributed by atoms with Crippen LogP contribution in [0.2, 0.25) is 0 Å². The van der Waals surface area contributed by atoms with Gasteiger partial charge in [0.15, 0.2) is 11.6 Å². The van der Waals surface area contributed by atoms with Gasteiger partial charge in [0.25, 0.3) is 0 Å². The van der Waals surface area contributed by atoms with Crippen LogP contribution in [-0.2, 0) is 23.0 Å². The lowest BCUT2D eigenvalue weighted by Crippen LogP contribution is -2.26. The van der Waals surface area contributed by atoms with E-state index in [1.54, 1.807) is 30.3 Å². The molecule has 0 amide bonds. The Morgan fingerprint density at radius 2 is 1.70 bits per heavy atom. The molecule has 0 radical (unpaired) electrons. The van der Waals surface area contributed by atoms with Gasteiger partial charge in [0.1, 0.15) is 0 Å². The third-order valence-electron chi connectivity index (χ3n) is 3.66. The standard InChI is InChI=1S/C17H20FNO3S/c1-4-13-5-8-15(9-6-13)23(20,21)19(2)12-14-7-10-17(22-3)16(18)11-14/h5-11H,4,12H2,1-3H3. The molecular formula is C17H20FNO3S. The number of halogens is 1. The lowest BCUT2D eigenvalue weighted by atomic mass is 10.2. The smallest absolute Gasteiger partial charge is 0.243 e. The molecule has 124 valence electrons. The van der Waals surface area contributed by atoms with Gasteiger partial charge in [-0.25, -0.2) is 12.8 Å². The van der Waals surface area contributed by atoms with Crippen molar-refractivity contribution in [1.82, 2.24) is 4.31 Å². The minimum Gasteiger partial charge on any atom is -0.494 e. The maximum absolute atomic E-state index is 13.7. The van der Waals surface area contributed by atoms with Crippen molar-refractivity contribution in [2.45, 2.75) is 24.8 Å². The molecule has 0 saturated heterocycles. The van der Waals surface area contributed by atoms with E-state index >= 15 is 0 Å². The monoisotopic (exact) mass is 337 g/mol. The number of ether oxygens (including phenoxy) is 1. The molecular weight excluding hydrogens is 317 g/mol. The molecule has 0 heterocycles. The van der Waals surface area contributed by atoms with Crippen molar-refractivity contribution in [3.8, 4) is 5.75 Å². The molecule has 0 aliphatic rings. The highest BCUT2D eigenvalue weighted by molar-refractivity contribution is 7.89. The van der Waals surface area contributed by atoms with Gasteiger partial charge in [0, 0.05) is 13.6 Å². The first-order valence-corrected chi connectivity index (χ1v) is 8.70. The van der Waals surface area contributed by atoms with Crippen LogP contribution >= 0.6 is 0 Å². The van der Waals surface area contributed by atoms with Gasteiger partial charge >= 0.3 is 0 Å². The largest absolute Gasteiger partial charge is 0.494 e. The van der Waals surface area contributed by atoms with Crippen LogP contribution in [0.5, 0.6) is 5.75 Å². The predicted octanol–water partition coefficient (Wildman–Crippen LogP) is 3.22. The lowest BCUT2D eigenvalue weighted by Gasteiger charge is -2.18. The highest BCUT2D eigenvalue weighted by Crippen LogP contribution is 2.21. The quantitative estimate of drug-likeness (QED) is 0.813. The summed E-state index contributed by atoms with van der Waals surface area (Å²) in [5, 5.41) is 0. The Hall–Kier alpha value is -1.92. The van der Waals surface area contributed by atoms with Gasteiger partial charge in [-0.2, -0.15) is 4.31 Å². The molecule has 0 N–H and O–H groups in total. The van der Waals surface area contributed by atoms with E-state index in [2.05, 4.69) is 0 Å². The number of hydrogen-bond donors (Lipinski definition) is 0. The van der Waals surface area contributed by atoms with E-state index in [1.165, 1.54) is 30.6 Å². The molecule has 23 heavy (non-hydrogen) atoms. The van der Waals surface area contributed by atoms with Crippen LogP contribution in [-0.4, -0.2) is 26.9 Å². The number of nitrogens with zero attached hydrogens (tertiary/aromatic N) is 1. The van der Waals surface area contributed by atoms with Gasteiger partial charge < -0.3 is 4.74 Å². The first-order chi connectivity index (χ1) is 10.9. The zero-order valence-corrected chi connectivity index (χ0v) is 14.2. The van der Waals surface area contributed by atoms with Crippen molar-refractivity contribution >= 4 is 10.0 Å². The molecule has 0 unspecified atom stereocenters. The third kappa shape index (κ3) is 3.89. The Morgan fingerprint density at radius 3 is 2.22 bits per heavy atom. The number of rotatable bonds is 6. The summed E-state index contributed by atoms with van der Waals surface area (Å²) in [4.78, 5) is 0.228. The molecule has 2 rings (SSSR count). The molecule has 0 aliphatic heterocycles. The summed E-state index contributed by atoms with van der Waals surface area (Å²) in [6.45, 7) is 2.09. The number of benzene rings is 2. The lowest BCUT2D eigenvalue weighted by molar-refractivity contribution is 0.385. The predicted molar refractivity (Wildman–Crippen MR) is 87.4 cm³/mol. The molecule has 4 nitrogen and oxygen atoms in total. The Balaban J connectivity index is 2.20. The van der Waals surface area contributed by atoms with Gasteiger partial charge in [-0.05, 0) is 41.8 Å². The van der Waals surface area contributed by atoms with Crippen molar-refractivity contribution < 1.29 is 17.5 Å². The molecule has 0 spiro atoms. The highest BCUT2D eigenvalue weighted by atomic mass is 32.2. The molecule has 0 saturated carbocycles.